The first kappa shape index (κ1) is 90.3. The second kappa shape index (κ2) is 42.8. The summed E-state index contributed by atoms with van der Waals surface area (Å²) < 4.78 is 0. The van der Waals surface area contributed by atoms with Crippen molar-refractivity contribution in [2.24, 2.45) is 0 Å². The van der Waals surface area contributed by atoms with Gasteiger partial charge in [-0.15, -0.1) is 117 Å². The summed E-state index contributed by atoms with van der Waals surface area (Å²) in [5, 5.41) is 0. The number of hydrogen-bond acceptors (Lipinski definition) is 0. The van der Waals surface area contributed by atoms with Crippen molar-refractivity contribution in [3.8, 4) is 134 Å². The molecule has 0 nitrogen and oxygen atoms in total. The van der Waals surface area contributed by atoms with E-state index in [9.17, 15) is 0 Å². The molecule has 6 heteroatoms. The zero-order chi connectivity index (χ0) is 75.9. The standard InChI is InChI=1S/6C19H12.6Y/c1-2-7-14(8-3-1)17-12-6-10-16-13-15-9-4-5-11-18(15)19(16)17;1-2-7-14(8-3-1)16-11-6-12-18-17-10-5-4-9-15(17)13-19(16)18;2*1-2-6-14(7-3-1)15-10-11-17-12-16-8-4-5-9-18(16)19(17)13-15;2*1-2-6-14(7-3-1)15-10-11-19-17(12-15)13-16-8-4-5-9-18(16)19;;;;;;/h1-7,9-11H,13H2;1-7,9-10,12H,13H2;1-6,8-9,11,13H,12H2;1-6,8-11H,12H2;1-6,8-9,11-12H,13H2;1-6,8-11H,13H2;;;;;;/q6*-2;;;;;;. The zero-order valence-electron chi connectivity index (χ0n) is 66.3. The van der Waals surface area contributed by atoms with Crippen LogP contribution in [0.15, 0.2) is 364 Å². The molecule has 6 aliphatic carbocycles. The van der Waals surface area contributed by atoms with E-state index in [1.165, 1.54) is 145 Å². The molecule has 120 heavy (non-hydrogen) atoms. The zero-order valence-corrected chi connectivity index (χ0v) is 83.4. The molecule has 0 aromatic heterocycles. The Labute approximate surface area is 859 Å². The summed E-state index contributed by atoms with van der Waals surface area (Å²) in [6.45, 7) is 0. The molecule has 0 amide bonds. The SMILES string of the molecule is [Y].[Y].[Y].[Y].[Y].[Y].[c-]1ccccc1-c1[c-]c2c(cc1)-c1ccccc1C2.[c-]1ccccc1-c1[c-]c2c(cc1)Cc1ccccc1-2.[c-]1ccccc1-c1[c-]cc2c(c1)-c1ccccc1C2.[c-]1ccccc1-c1[c-]cc2c(c1)Cc1ccccc1-2.[c-]1ccccc1-c1[c-]ccc2c1-c1ccccc1C2.[c-]1ccccc1-c1[c-]ccc2c1Cc1ccccc1-2. The summed E-state index contributed by atoms with van der Waals surface area (Å²) in [6, 6.07) is 167. The minimum atomic E-state index is 0. The van der Waals surface area contributed by atoms with E-state index >= 15 is 0 Å². The summed E-state index contributed by atoms with van der Waals surface area (Å²) in [7, 11) is 0. The normalized spacial score (nSPS) is 11.4. The summed E-state index contributed by atoms with van der Waals surface area (Å²) in [5.74, 6) is 0. The molecule has 6 radical (unpaired) electrons. The van der Waals surface area contributed by atoms with Crippen molar-refractivity contribution in [2.75, 3.05) is 0 Å². The Bertz CT molecular complexity index is 6250. The van der Waals surface area contributed by atoms with Gasteiger partial charge in [0.05, 0.1) is 0 Å². The average Bonchev–Trinajstić information content (AvgIpc) is 1.64. The molecule has 0 fully saturated rings. The molecule has 0 bridgehead atoms. The van der Waals surface area contributed by atoms with Crippen molar-refractivity contribution in [1.29, 1.82) is 0 Å². The van der Waals surface area contributed by atoms with Gasteiger partial charge in [0, 0.05) is 196 Å². The van der Waals surface area contributed by atoms with Crippen LogP contribution in [0.4, 0.5) is 0 Å². The number of rotatable bonds is 6. The molecule has 18 aromatic carbocycles. The number of benzene rings is 18. The van der Waals surface area contributed by atoms with Gasteiger partial charge >= 0.3 is 0 Å². The monoisotopic (exact) mass is 1970 g/mol. The molecule has 0 aliphatic heterocycles. The van der Waals surface area contributed by atoms with E-state index in [4.69, 9.17) is 0 Å². The Morgan fingerprint density at radius 1 is 0.167 bits per heavy atom. The quantitative estimate of drug-likeness (QED) is 0.146. The fourth-order valence-electron chi connectivity index (χ4n) is 16.9. The van der Waals surface area contributed by atoms with E-state index in [1.54, 1.807) is 0 Å². The predicted octanol–water partition coefficient (Wildman–Crippen LogP) is 27.1. The van der Waals surface area contributed by atoms with Crippen LogP contribution >= 0.6 is 0 Å². The Balaban J connectivity index is 0.000000123. The Kier molecular flexibility index (Phi) is 32.2. The second-order valence-corrected chi connectivity index (χ2v) is 29.3. The van der Waals surface area contributed by atoms with Gasteiger partial charge < -0.3 is 0 Å². The van der Waals surface area contributed by atoms with Crippen LogP contribution < -0.4 is 0 Å². The van der Waals surface area contributed by atoms with Gasteiger partial charge in [0.2, 0.25) is 0 Å². The van der Waals surface area contributed by atoms with Crippen molar-refractivity contribution in [3.05, 3.63) is 504 Å². The minimum absolute atomic E-state index is 0. The number of fused-ring (bicyclic) bond motifs is 18. The topological polar surface area (TPSA) is 0 Å². The Morgan fingerprint density at radius 3 is 1.11 bits per heavy atom. The minimum Gasteiger partial charge on any atom is -0.226 e. The van der Waals surface area contributed by atoms with Gasteiger partial charge in [-0.05, 0) is 77.5 Å². The molecular formula is C114H72Y6-12. The molecule has 18 aromatic rings. The van der Waals surface area contributed by atoms with Crippen LogP contribution in [0.3, 0.4) is 0 Å². The van der Waals surface area contributed by atoms with Crippen molar-refractivity contribution in [1.82, 2.24) is 0 Å². The molecule has 0 N–H and O–H groups in total. The van der Waals surface area contributed by atoms with Crippen LogP contribution in [-0.2, 0) is 235 Å². The molecule has 24 rings (SSSR count). The maximum absolute atomic E-state index is 3.57. The predicted molar refractivity (Wildman–Crippen MR) is 467 cm³/mol. The molecule has 0 saturated heterocycles. The van der Waals surface area contributed by atoms with Crippen LogP contribution in [0, 0.1) is 72.8 Å². The van der Waals surface area contributed by atoms with E-state index in [2.05, 4.69) is 328 Å². The molecule has 0 heterocycles. The first-order chi connectivity index (χ1) is 56.5. The van der Waals surface area contributed by atoms with Crippen LogP contribution in [0.25, 0.3) is 134 Å². The third kappa shape index (κ3) is 19.9. The van der Waals surface area contributed by atoms with E-state index in [0.29, 0.717) is 0 Å². The van der Waals surface area contributed by atoms with Crippen molar-refractivity contribution < 1.29 is 196 Å². The van der Waals surface area contributed by atoms with Crippen LogP contribution in [0.2, 0.25) is 0 Å². The van der Waals surface area contributed by atoms with E-state index in [-0.39, 0.29) is 196 Å². The van der Waals surface area contributed by atoms with Gasteiger partial charge in [0.25, 0.3) is 0 Å². The fraction of sp³-hybridized carbons (Fsp3) is 0.0526. The van der Waals surface area contributed by atoms with Gasteiger partial charge in [-0.2, -0.15) is 236 Å². The van der Waals surface area contributed by atoms with Crippen LogP contribution in [-0.4, -0.2) is 0 Å². The first-order valence-electron chi connectivity index (χ1n) is 39.1. The van der Waals surface area contributed by atoms with Gasteiger partial charge in [-0.3, -0.25) is 0 Å². The Hall–Kier alpha value is -7.42. The van der Waals surface area contributed by atoms with Crippen molar-refractivity contribution in [2.45, 2.75) is 38.5 Å². The molecule has 0 atom stereocenters. The van der Waals surface area contributed by atoms with Crippen LogP contribution in [0.5, 0.6) is 0 Å². The summed E-state index contributed by atoms with van der Waals surface area (Å²) in [6.07, 6.45) is 6.11. The van der Waals surface area contributed by atoms with Crippen molar-refractivity contribution in [3.63, 3.8) is 0 Å². The van der Waals surface area contributed by atoms with E-state index < -0.39 is 0 Å². The largest absolute Gasteiger partial charge is 0.226 e. The first-order valence-corrected chi connectivity index (χ1v) is 39.1. The van der Waals surface area contributed by atoms with E-state index in [1.807, 2.05) is 109 Å². The van der Waals surface area contributed by atoms with Gasteiger partial charge in [0.1, 0.15) is 0 Å². The van der Waals surface area contributed by atoms with Crippen LogP contribution in [0.1, 0.15) is 66.8 Å². The smallest absolute Gasteiger partial charge is 0 e. The third-order valence-electron chi connectivity index (χ3n) is 22.3. The second-order valence-electron chi connectivity index (χ2n) is 29.3. The summed E-state index contributed by atoms with van der Waals surface area (Å²) >= 11 is 0. The molecule has 558 valence electrons. The Morgan fingerprint density at radius 2 is 0.550 bits per heavy atom. The third-order valence-corrected chi connectivity index (χ3v) is 22.3. The molecule has 0 unspecified atom stereocenters. The fourth-order valence-corrected chi connectivity index (χ4v) is 16.9. The maximum Gasteiger partial charge on any atom is 0 e. The summed E-state index contributed by atoms with van der Waals surface area (Å²) in [5.41, 5.74) is 46.3. The molecule has 0 spiro atoms. The molecule has 6 aliphatic rings. The average molecular weight is 1980 g/mol. The van der Waals surface area contributed by atoms with Gasteiger partial charge in [-0.1, -0.05) is 185 Å². The molecule has 0 saturated carbocycles. The number of hydrogen-bond donors (Lipinski definition) is 0. The molecular weight excluding hydrogens is 1900 g/mol. The van der Waals surface area contributed by atoms with Gasteiger partial charge in [0.15, 0.2) is 0 Å². The van der Waals surface area contributed by atoms with Gasteiger partial charge in [-0.25, -0.2) is 61.2 Å². The maximum atomic E-state index is 3.57. The van der Waals surface area contributed by atoms with E-state index in [0.717, 1.165) is 94.2 Å². The van der Waals surface area contributed by atoms with Crippen molar-refractivity contribution >= 4 is 0 Å². The summed E-state index contributed by atoms with van der Waals surface area (Å²) in [4.78, 5) is 0.